The van der Waals surface area contributed by atoms with E-state index >= 15 is 0 Å². The van der Waals surface area contributed by atoms with Crippen molar-refractivity contribution in [1.82, 2.24) is 14.5 Å². The lowest BCUT2D eigenvalue weighted by atomic mass is 9.88. The van der Waals surface area contributed by atoms with Gasteiger partial charge in [0, 0.05) is 38.3 Å². The third-order valence-corrected chi connectivity index (χ3v) is 4.35. The second-order valence-electron chi connectivity index (χ2n) is 7.31. The van der Waals surface area contributed by atoms with Gasteiger partial charge < -0.3 is 24.0 Å². The van der Waals surface area contributed by atoms with E-state index in [0.29, 0.717) is 25.9 Å². The van der Waals surface area contributed by atoms with E-state index in [0.717, 1.165) is 5.82 Å². The van der Waals surface area contributed by atoms with E-state index < -0.39 is 23.3 Å². The quantitative estimate of drug-likeness (QED) is 0.836. The fourth-order valence-electron chi connectivity index (χ4n) is 3.24. The molecule has 1 saturated heterocycles. The highest BCUT2D eigenvalue weighted by molar-refractivity contribution is 5.72. The topological polar surface area (TPSA) is 93.9 Å². The number of amides is 1. The van der Waals surface area contributed by atoms with Crippen LogP contribution in [-0.4, -0.2) is 56.4 Å². The third-order valence-electron chi connectivity index (χ3n) is 4.35. The second kappa shape index (κ2) is 5.77. The van der Waals surface area contributed by atoms with Crippen molar-refractivity contribution < 1.29 is 24.2 Å². The highest BCUT2D eigenvalue weighted by Gasteiger charge is 2.48. The normalized spacial score (nSPS) is 23.0. The van der Waals surface area contributed by atoms with E-state index in [2.05, 4.69) is 4.98 Å². The van der Waals surface area contributed by atoms with E-state index in [4.69, 9.17) is 9.47 Å². The molecule has 1 spiro atoms. The molecule has 1 N–H and O–H groups in total. The Kier molecular flexibility index (Phi) is 4.03. The van der Waals surface area contributed by atoms with Crippen LogP contribution in [0.25, 0.3) is 0 Å². The van der Waals surface area contributed by atoms with Crippen molar-refractivity contribution in [3.05, 3.63) is 18.2 Å². The zero-order chi connectivity index (χ0) is 17.5. The number of hydrogen-bond acceptors (Lipinski definition) is 5. The summed E-state index contributed by atoms with van der Waals surface area (Å²) in [6.45, 7) is 6.61. The van der Waals surface area contributed by atoms with Crippen LogP contribution in [0.5, 0.6) is 0 Å². The van der Waals surface area contributed by atoms with Gasteiger partial charge in [0.1, 0.15) is 17.0 Å². The molecule has 8 heteroatoms. The van der Waals surface area contributed by atoms with Crippen molar-refractivity contribution >= 4 is 12.1 Å². The summed E-state index contributed by atoms with van der Waals surface area (Å²) in [7, 11) is 0. The maximum absolute atomic E-state index is 12.2. The van der Waals surface area contributed by atoms with E-state index in [1.807, 2.05) is 25.3 Å². The number of ether oxygens (including phenoxy) is 2. The molecule has 0 radical (unpaired) electrons. The first-order chi connectivity index (χ1) is 11.2. The van der Waals surface area contributed by atoms with Gasteiger partial charge in [-0.2, -0.15) is 0 Å². The molecule has 0 aromatic carbocycles. The van der Waals surface area contributed by atoms with Gasteiger partial charge in [-0.05, 0) is 20.8 Å². The molecule has 8 nitrogen and oxygen atoms in total. The van der Waals surface area contributed by atoms with Crippen LogP contribution in [0.2, 0.25) is 0 Å². The maximum atomic E-state index is 12.2. The number of likely N-dealkylation sites (tertiary alicyclic amines) is 1. The molecule has 0 saturated carbocycles. The first-order valence-corrected chi connectivity index (χ1v) is 8.10. The van der Waals surface area contributed by atoms with Crippen molar-refractivity contribution in [1.29, 1.82) is 0 Å². The lowest BCUT2D eigenvalue weighted by molar-refractivity contribution is -0.185. The molecule has 3 rings (SSSR count). The molecule has 1 fully saturated rings. The van der Waals surface area contributed by atoms with E-state index in [1.54, 1.807) is 17.3 Å². The zero-order valence-corrected chi connectivity index (χ0v) is 14.2. The van der Waals surface area contributed by atoms with Crippen LogP contribution in [-0.2, 0) is 26.4 Å². The number of fused-ring (bicyclic) bond motifs is 2. The SMILES string of the molecule is CC(C)(C)OC(=O)N1CCC2(CC1)OC(C(=O)O)Cn1ccnc12. The molecular formula is C16H23N3O5. The van der Waals surface area contributed by atoms with E-state index in [-0.39, 0.29) is 12.6 Å². The molecule has 1 atom stereocenters. The van der Waals surface area contributed by atoms with Crippen LogP contribution in [0.1, 0.15) is 39.4 Å². The molecule has 0 bridgehead atoms. The van der Waals surface area contributed by atoms with Gasteiger partial charge >= 0.3 is 12.1 Å². The highest BCUT2D eigenvalue weighted by Crippen LogP contribution is 2.40. The molecule has 2 aliphatic heterocycles. The van der Waals surface area contributed by atoms with Crippen LogP contribution in [0.15, 0.2) is 12.4 Å². The first kappa shape index (κ1) is 16.8. The fraction of sp³-hybridized carbons (Fsp3) is 0.688. The summed E-state index contributed by atoms with van der Waals surface area (Å²) in [5.41, 5.74) is -1.30. The number of imidazole rings is 1. The minimum atomic E-state index is -0.983. The van der Waals surface area contributed by atoms with Gasteiger partial charge in [0.05, 0.1) is 6.54 Å². The lowest BCUT2D eigenvalue weighted by Crippen LogP contribution is -2.53. The lowest BCUT2D eigenvalue weighted by Gasteiger charge is -2.45. The van der Waals surface area contributed by atoms with Gasteiger partial charge in [-0.3, -0.25) is 0 Å². The van der Waals surface area contributed by atoms with Crippen LogP contribution >= 0.6 is 0 Å². The number of nitrogens with zero attached hydrogens (tertiary/aromatic N) is 3. The number of carbonyl (C=O) groups is 2. The van der Waals surface area contributed by atoms with Gasteiger partial charge in [-0.15, -0.1) is 0 Å². The minimum absolute atomic E-state index is 0.252. The smallest absolute Gasteiger partial charge is 0.410 e. The minimum Gasteiger partial charge on any atom is -0.479 e. The number of carboxylic acid groups (broad SMARTS) is 1. The predicted octanol–water partition coefficient (Wildman–Crippen LogP) is 1.59. The summed E-state index contributed by atoms with van der Waals surface area (Å²) in [6.07, 6.45) is 3.16. The van der Waals surface area contributed by atoms with Crippen LogP contribution in [0.4, 0.5) is 4.79 Å². The number of carbonyl (C=O) groups excluding carboxylic acids is 1. The summed E-state index contributed by atoms with van der Waals surface area (Å²) in [6, 6.07) is 0. The van der Waals surface area contributed by atoms with Crippen LogP contribution in [0, 0.1) is 0 Å². The third kappa shape index (κ3) is 3.10. The molecule has 24 heavy (non-hydrogen) atoms. The summed E-state index contributed by atoms with van der Waals surface area (Å²) in [4.78, 5) is 29.6. The average molecular weight is 337 g/mol. The van der Waals surface area contributed by atoms with Crippen LogP contribution < -0.4 is 0 Å². The molecular weight excluding hydrogens is 314 g/mol. The Morgan fingerprint density at radius 1 is 1.38 bits per heavy atom. The molecule has 1 amide bonds. The summed E-state index contributed by atoms with van der Waals surface area (Å²) in [5, 5.41) is 9.34. The molecule has 1 aromatic heterocycles. The number of hydrogen-bond donors (Lipinski definition) is 1. The van der Waals surface area contributed by atoms with Crippen molar-refractivity contribution in [2.75, 3.05) is 13.1 Å². The molecule has 1 aromatic rings. The Morgan fingerprint density at radius 2 is 2.04 bits per heavy atom. The number of carboxylic acids is 1. The Labute approximate surface area is 140 Å². The van der Waals surface area contributed by atoms with E-state index in [9.17, 15) is 14.7 Å². The van der Waals surface area contributed by atoms with Crippen molar-refractivity contribution in [3.8, 4) is 0 Å². The standard InChI is InChI=1S/C16H23N3O5/c1-15(2,3)24-14(22)18-7-4-16(5-8-18)13-17-6-9-19(13)10-11(23-16)12(20)21/h6,9,11H,4-5,7-8,10H2,1-3H3,(H,20,21). The monoisotopic (exact) mass is 337 g/mol. The number of piperidine rings is 1. The van der Waals surface area contributed by atoms with Gasteiger partial charge in [0.15, 0.2) is 6.10 Å². The van der Waals surface area contributed by atoms with Gasteiger partial charge in [-0.25, -0.2) is 14.6 Å². The van der Waals surface area contributed by atoms with Gasteiger partial charge in [-0.1, -0.05) is 0 Å². The summed E-state index contributed by atoms with van der Waals surface area (Å²) < 4.78 is 13.2. The number of aromatic nitrogens is 2. The number of aliphatic carboxylic acids is 1. The molecule has 132 valence electrons. The largest absolute Gasteiger partial charge is 0.479 e. The predicted molar refractivity (Wildman–Crippen MR) is 83.5 cm³/mol. The molecule has 1 unspecified atom stereocenters. The Hall–Kier alpha value is -2.09. The van der Waals surface area contributed by atoms with Crippen molar-refractivity contribution in [3.63, 3.8) is 0 Å². The fourth-order valence-corrected chi connectivity index (χ4v) is 3.24. The average Bonchev–Trinajstić information content (AvgIpc) is 2.95. The van der Waals surface area contributed by atoms with Crippen LogP contribution in [0.3, 0.4) is 0 Å². The second-order valence-corrected chi connectivity index (χ2v) is 7.31. The Bertz CT molecular complexity index is 640. The first-order valence-electron chi connectivity index (χ1n) is 8.10. The molecule has 0 aliphatic carbocycles. The Balaban J connectivity index is 1.75. The van der Waals surface area contributed by atoms with E-state index in [1.165, 1.54) is 0 Å². The summed E-state index contributed by atoms with van der Waals surface area (Å²) >= 11 is 0. The van der Waals surface area contributed by atoms with Crippen molar-refractivity contribution in [2.24, 2.45) is 0 Å². The van der Waals surface area contributed by atoms with Gasteiger partial charge in [0.25, 0.3) is 0 Å². The molecule has 3 heterocycles. The number of rotatable bonds is 1. The van der Waals surface area contributed by atoms with Crippen molar-refractivity contribution in [2.45, 2.75) is 57.5 Å². The zero-order valence-electron chi connectivity index (χ0n) is 14.2. The van der Waals surface area contributed by atoms with Gasteiger partial charge in [0.2, 0.25) is 0 Å². The molecule has 2 aliphatic rings. The summed E-state index contributed by atoms with van der Waals surface area (Å²) in [5.74, 6) is -0.243. The highest BCUT2D eigenvalue weighted by atomic mass is 16.6. The Morgan fingerprint density at radius 3 is 2.62 bits per heavy atom. The maximum Gasteiger partial charge on any atom is 0.410 e.